The molecule has 2 aromatic rings. The van der Waals surface area contributed by atoms with Gasteiger partial charge in [0, 0.05) is 30.7 Å². The van der Waals surface area contributed by atoms with E-state index < -0.39 is 0 Å². The van der Waals surface area contributed by atoms with Gasteiger partial charge in [0.05, 0.1) is 25.2 Å². The summed E-state index contributed by atoms with van der Waals surface area (Å²) in [6.45, 7) is 1.98. The Morgan fingerprint density at radius 2 is 2.25 bits per heavy atom. The van der Waals surface area contributed by atoms with E-state index in [2.05, 4.69) is 10.1 Å². The number of hydrogen-bond donors (Lipinski definition) is 0. The van der Waals surface area contributed by atoms with Crippen molar-refractivity contribution in [3.05, 3.63) is 35.4 Å². The molecule has 0 radical (unpaired) electrons. The molecular formula is C14H16ClN3O2. The standard InChI is InChI=1S/C14H16ClN3O2/c1-3-4-12(19)5-10-9-18(17-14(10)15)11-6-13(20-2)8-16-7-11/h6-9H,3-5H2,1-2H3. The van der Waals surface area contributed by atoms with Crippen molar-refractivity contribution in [3.63, 3.8) is 0 Å². The first kappa shape index (κ1) is 14.5. The summed E-state index contributed by atoms with van der Waals surface area (Å²) in [5, 5.41) is 4.55. The molecule has 0 unspecified atom stereocenters. The molecule has 0 N–H and O–H groups in total. The van der Waals surface area contributed by atoms with Gasteiger partial charge in [-0.25, -0.2) is 4.68 Å². The van der Waals surface area contributed by atoms with Crippen molar-refractivity contribution in [1.82, 2.24) is 14.8 Å². The highest BCUT2D eigenvalue weighted by Gasteiger charge is 2.12. The highest BCUT2D eigenvalue weighted by atomic mass is 35.5. The average molecular weight is 294 g/mol. The maximum atomic E-state index is 11.7. The first-order valence-electron chi connectivity index (χ1n) is 6.39. The predicted molar refractivity (Wildman–Crippen MR) is 76.5 cm³/mol. The molecule has 6 heteroatoms. The fourth-order valence-corrected chi connectivity index (χ4v) is 2.06. The molecule has 20 heavy (non-hydrogen) atoms. The largest absolute Gasteiger partial charge is 0.495 e. The minimum atomic E-state index is 0.165. The zero-order valence-electron chi connectivity index (χ0n) is 11.5. The number of nitrogens with zero attached hydrogens (tertiary/aromatic N) is 3. The third-order valence-corrected chi connectivity index (χ3v) is 3.17. The van der Waals surface area contributed by atoms with Crippen LogP contribution in [0.15, 0.2) is 24.7 Å². The minimum absolute atomic E-state index is 0.165. The van der Waals surface area contributed by atoms with Crippen LogP contribution in [0.1, 0.15) is 25.3 Å². The first-order valence-corrected chi connectivity index (χ1v) is 6.77. The van der Waals surface area contributed by atoms with Crippen LogP contribution in [-0.2, 0) is 11.2 Å². The van der Waals surface area contributed by atoms with Crippen molar-refractivity contribution in [2.24, 2.45) is 0 Å². The van der Waals surface area contributed by atoms with E-state index in [9.17, 15) is 4.79 Å². The second-order valence-corrected chi connectivity index (χ2v) is 4.80. The maximum absolute atomic E-state index is 11.7. The lowest BCUT2D eigenvalue weighted by Gasteiger charge is -2.03. The number of Topliss-reactive ketones (excluding diaryl/α,β-unsaturated/α-hetero) is 1. The van der Waals surface area contributed by atoms with Gasteiger partial charge in [0.1, 0.15) is 11.5 Å². The number of ether oxygens (including phenoxy) is 1. The van der Waals surface area contributed by atoms with Crippen LogP contribution in [0, 0.1) is 0 Å². The van der Waals surface area contributed by atoms with Crippen molar-refractivity contribution in [2.75, 3.05) is 7.11 Å². The molecule has 2 heterocycles. The van der Waals surface area contributed by atoms with Gasteiger partial charge in [-0.15, -0.1) is 0 Å². The van der Waals surface area contributed by atoms with E-state index in [1.165, 1.54) is 0 Å². The number of carbonyl (C=O) groups excluding carboxylic acids is 1. The van der Waals surface area contributed by atoms with Gasteiger partial charge in [0.25, 0.3) is 0 Å². The van der Waals surface area contributed by atoms with Gasteiger partial charge in [-0.2, -0.15) is 5.10 Å². The normalized spacial score (nSPS) is 10.6. The predicted octanol–water partition coefficient (Wildman–Crippen LogP) is 2.84. The van der Waals surface area contributed by atoms with E-state index in [4.69, 9.17) is 16.3 Å². The van der Waals surface area contributed by atoms with Crippen molar-refractivity contribution >= 4 is 17.4 Å². The van der Waals surface area contributed by atoms with Gasteiger partial charge in [0.2, 0.25) is 0 Å². The average Bonchev–Trinajstić information content (AvgIpc) is 2.80. The second kappa shape index (κ2) is 6.52. The lowest BCUT2D eigenvalue weighted by Crippen LogP contribution is -2.01. The summed E-state index contributed by atoms with van der Waals surface area (Å²) in [6, 6.07) is 1.80. The summed E-state index contributed by atoms with van der Waals surface area (Å²) in [5.74, 6) is 0.801. The van der Waals surface area contributed by atoms with Crippen LogP contribution in [0.2, 0.25) is 5.15 Å². The molecule has 0 aliphatic heterocycles. The molecule has 0 aromatic carbocycles. The molecule has 0 bridgehead atoms. The monoisotopic (exact) mass is 293 g/mol. The van der Waals surface area contributed by atoms with Crippen molar-refractivity contribution in [1.29, 1.82) is 0 Å². The Labute approximate surface area is 122 Å². The van der Waals surface area contributed by atoms with Gasteiger partial charge in [0.15, 0.2) is 5.15 Å². The first-order chi connectivity index (χ1) is 9.63. The molecule has 2 rings (SSSR count). The van der Waals surface area contributed by atoms with E-state index in [1.54, 1.807) is 36.4 Å². The van der Waals surface area contributed by atoms with Crippen LogP contribution in [0.3, 0.4) is 0 Å². The number of rotatable bonds is 6. The summed E-state index contributed by atoms with van der Waals surface area (Å²) in [5.41, 5.74) is 1.47. The van der Waals surface area contributed by atoms with Gasteiger partial charge in [-0.1, -0.05) is 18.5 Å². The van der Waals surface area contributed by atoms with E-state index in [-0.39, 0.29) is 5.78 Å². The molecule has 106 valence electrons. The Bertz CT molecular complexity index is 610. The number of pyridine rings is 1. The van der Waals surface area contributed by atoms with Crippen molar-refractivity contribution < 1.29 is 9.53 Å². The van der Waals surface area contributed by atoms with Crippen LogP contribution in [0.4, 0.5) is 0 Å². The number of hydrogen-bond acceptors (Lipinski definition) is 4. The van der Waals surface area contributed by atoms with E-state index >= 15 is 0 Å². The molecule has 5 nitrogen and oxygen atoms in total. The summed E-state index contributed by atoms with van der Waals surface area (Å²) in [7, 11) is 1.58. The molecule has 0 fully saturated rings. The fourth-order valence-electron chi connectivity index (χ4n) is 1.86. The number of methoxy groups -OCH3 is 1. The summed E-state index contributed by atoms with van der Waals surface area (Å²) in [4.78, 5) is 15.7. The van der Waals surface area contributed by atoms with Crippen LogP contribution >= 0.6 is 11.6 Å². The molecule has 0 aliphatic carbocycles. The summed E-state index contributed by atoms with van der Waals surface area (Å²) < 4.78 is 6.72. The van der Waals surface area contributed by atoms with Gasteiger partial charge < -0.3 is 4.74 Å². The Kier molecular flexibility index (Phi) is 4.74. The Hall–Kier alpha value is -1.88. The number of aromatic nitrogens is 3. The Morgan fingerprint density at radius 3 is 2.95 bits per heavy atom. The molecule has 2 aromatic heterocycles. The number of carbonyl (C=O) groups is 1. The highest BCUT2D eigenvalue weighted by molar-refractivity contribution is 6.30. The molecular weight excluding hydrogens is 278 g/mol. The highest BCUT2D eigenvalue weighted by Crippen LogP contribution is 2.20. The van der Waals surface area contributed by atoms with E-state index in [0.29, 0.717) is 23.7 Å². The Morgan fingerprint density at radius 1 is 1.45 bits per heavy atom. The molecule has 0 atom stereocenters. The zero-order chi connectivity index (χ0) is 14.5. The Balaban J connectivity index is 2.23. The van der Waals surface area contributed by atoms with E-state index in [1.807, 2.05) is 6.92 Å². The van der Waals surface area contributed by atoms with Gasteiger partial charge in [-0.05, 0) is 6.42 Å². The smallest absolute Gasteiger partial charge is 0.155 e. The quantitative estimate of drug-likeness (QED) is 0.822. The van der Waals surface area contributed by atoms with Crippen molar-refractivity contribution in [3.8, 4) is 11.4 Å². The molecule has 0 aliphatic rings. The van der Waals surface area contributed by atoms with Crippen LogP contribution in [0.25, 0.3) is 5.69 Å². The molecule has 0 saturated heterocycles. The SMILES string of the molecule is CCCC(=O)Cc1cn(-c2cncc(OC)c2)nc1Cl. The maximum Gasteiger partial charge on any atom is 0.155 e. The lowest BCUT2D eigenvalue weighted by atomic mass is 10.1. The topological polar surface area (TPSA) is 57.0 Å². The zero-order valence-corrected chi connectivity index (χ0v) is 12.2. The van der Waals surface area contributed by atoms with Crippen LogP contribution in [0.5, 0.6) is 5.75 Å². The minimum Gasteiger partial charge on any atom is -0.495 e. The van der Waals surface area contributed by atoms with Crippen LogP contribution < -0.4 is 4.74 Å². The number of halogens is 1. The van der Waals surface area contributed by atoms with Crippen molar-refractivity contribution in [2.45, 2.75) is 26.2 Å². The summed E-state index contributed by atoms with van der Waals surface area (Å²) in [6.07, 6.45) is 6.73. The third-order valence-electron chi connectivity index (χ3n) is 2.85. The number of ketones is 1. The lowest BCUT2D eigenvalue weighted by molar-refractivity contribution is -0.118. The van der Waals surface area contributed by atoms with Gasteiger partial charge >= 0.3 is 0 Å². The second-order valence-electron chi connectivity index (χ2n) is 4.44. The summed E-state index contributed by atoms with van der Waals surface area (Å²) >= 11 is 6.08. The molecule has 0 amide bonds. The van der Waals surface area contributed by atoms with E-state index in [0.717, 1.165) is 17.7 Å². The molecule has 0 spiro atoms. The fraction of sp³-hybridized carbons (Fsp3) is 0.357. The molecule has 0 saturated carbocycles. The van der Waals surface area contributed by atoms with Crippen LogP contribution in [-0.4, -0.2) is 27.7 Å². The third kappa shape index (κ3) is 3.36. The van der Waals surface area contributed by atoms with Gasteiger partial charge in [-0.3, -0.25) is 9.78 Å².